The number of hydrogen-bond acceptors (Lipinski definition) is 12. The number of ether oxygens (including phenoxy) is 2. The van der Waals surface area contributed by atoms with Crippen LogP contribution in [0.25, 0.3) is 0 Å². The maximum absolute atomic E-state index is 12.1. The zero-order valence-electron chi connectivity index (χ0n) is 16.3. The molecule has 2 aliphatic heterocycles. The largest absolute Gasteiger partial charge is 0.490 e. The number of aliphatic hydroxyl groups excluding tert-OH is 1. The minimum atomic E-state index is -5.74. The molecule has 0 aliphatic carbocycles. The first kappa shape index (κ1) is 25.6. The maximum Gasteiger partial charge on any atom is 0.490 e. The van der Waals surface area contributed by atoms with Crippen molar-refractivity contribution in [2.45, 2.75) is 43.5 Å². The Labute approximate surface area is 179 Å². The first-order valence-corrected chi connectivity index (χ1v) is 13.1. The molecule has 2 saturated heterocycles. The van der Waals surface area contributed by atoms with Crippen LogP contribution in [0.4, 0.5) is 5.82 Å². The van der Waals surface area contributed by atoms with Crippen LogP contribution in [0.3, 0.4) is 0 Å². The Balaban J connectivity index is 1.83. The fourth-order valence-electron chi connectivity index (χ4n) is 3.44. The van der Waals surface area contributed by atoms with Gasteiger partial charge in [-0.15, -0.1) is 0 Å². The summed E-state index contributed by atoms with van der Waals surface area (Å²) in [4.78, 5) is 51.8. The van der Waals surface area contributed by atoms with Gasteiger partial charge in [-0.2, -0.15) is 13.6 Å². The Morgan fingerprint density at radius 1 is 1.16 bits per heavy atom. The molecule has 0 amide bonds. The van der Waals surface area contributed by atoms with E-state index in [1.165, 1.54) is 26.1 Å². The molecule has 2 fully saturated rings. The normalized spacial score (nSPS) is 33.0. The molecule has 2 aliphatic rings. The van der Waals surface area contributed by atoms with Gasteiger partial charge in [-0.3, -0.25) is 9.09 Å². The van der Waals surface area contributed by atoms with Crippen LogP contribution < -0.4 is 11.4 Å². The monoisotopic (exact) mass is 523 g/mol. The molecule has 0 spiro atoms. The smallest absolute Gasteiger partial charge is 0.387 e. The van der Waals surface area contributed by atoms with Crippen molar-refractivity contribution in [1.29, 1.82) is 0 Å². The number of nitrogens with zero attached hydrogens (tertiary/aromatic N) is 2. The third-order valence-corrected chi connectivity index (χ3v) is 8.62. The average Bonchev–Trinajstić information content (AvgIpc) is 2.93. The molecule has 0 saturated carbocycles. The molecule has 2 bridgehead atoms. The molecule has 1 aromatic heterocycles. The van der Waals surface area contributed by atoms with Crippen molar-refractivity contribution in [3.63, 3.8) is 0 Å². The fraction of sp³-hybridized carbons (Fsp3) is 0.667. The zero-order chi connectivity index (χ0) is 24.3. The summed E-state index contributed by atoms with van der Waals surface area (Å²) in [6.07, 6.45) is -2.70. The highest BCUT2D eigenvalue weighted by Gasteiger charge is 2.71. The third-order valence-electron chi connectivity index (χ3n) is 4.83. The van der Waals surface area contributed by atoms with Gasteiger partial charge in [-0.05, 0) is 19.9 Å². The van der Waals surface area contributed by atoms with E-state index in [2.05, 4.69) is 18.1 Å². The highest BCUT2D eigenvalue weighted by Crippen LogP contribution is 2.67. The van der Waals surface area contributed by atoms with E-state index >= 15 is 0 Å². The summed E-state index contributed by atoms with van der Waals surface area (Å²) in [5.41, 5.74) is 1.34. The lowest BCUT2D eigenvalue weighted by Gasteiger charge is -2.42. The summed E-state index contributed by atoms with van der Waals surface area (Å²) < 4.78 is 58.7. The second kappa shape index (κ2) is 8.03. The summed E-state index contributed by atoms with van der Waals surface area (Å²) in [7, 11) is -16.8. The molecular weight excluding hydrogens is 503 g/mol. The van der Waals surface area contributed by atoms with Crippen molar-refractivity contribution in [3.05, 3.63) is 22.7 Å². The molecule has 2 unspecified atom stereocenters. The number of anilines is 1. The van der Waals surface area contributed by atoms with E-state index in [0.29, 0.717) is 0 Å². The van der Waals surface area contributed by atoms with E-state index in [-0.39, 0.29) is 5.82 Å². The topological polar surface area (TPSA) is 259 Å². The Kier molecular flexibility index (Phi) is 6.42. The van der Waals surface area contributed by atoms with E-state index in [0.717, 1.165) is 4.57 Å². The summed E-state index contributed by atoms with van der Waals surface area (Å²) in [5.74, 6) is -0.0708. The summed E-state index contributed by atoms with van der Waals surface area (Å²) >= 11 is 0. The first-order valence-electron chi connectivity index (χ1n) is 8.55. The highest BCUT2D eigenvalue weighted by atomic mass is 31.3. The number of fused-ring (bicyclic) bond motifs is 2. The number of phosphoric acid groups is 3. The van der Waals surface area contributed by atoms with Gasteiger partial charge in [-0.25, -0.2) is 18.5 Å². The van der Waals surface area contributed by atoms with Gasteiger partial charge in [0.05, 0.1) is 12.2 Å². The molecule has 32 heavy (non-hydrogen) atoms. The number of aliphatic hydroxyl groups is 1. The van der Waals surface area contributed by atoms with Crippen LogP contribution in [0.15, 0.2) is 17.1 Å². The van der Waals surface area contributed by atoms with Gasteiger partial charge in [-0.1, -0.05) is 0 Å². The predicted molar refractivity (Wildman–Crippen MR) is 101 cm³/mol. The molecule has 182 valence electrons. The molecule has 0 aromatic carbocycles. The molecule has 1 aromatic rings. The quantitative estimate of drug-likeness (QED) is 0.223. The number of nitrogens with two attached hydrogens (primary N) is 1. The van der Waals surface area contributed by atoms with Gasteiger partial charge < -0.3 is 39.9 Å². The van der Waals surface area contributed by atoms with E-state index in [4.69, 9.17) is 25.0 Å². The molecule has 6 atom stereocenters. The lowest BCUT2D eigenvalue weighted by molar-refractivity contribution is -0.257. The van der Waals surface area contributed by atoms with Crippen molar-refractivity contribution in [1.82, 2.24) is 9.55 Å². The minimum Gasteiger partial charge on any atom is -0.387 e. The SMILES string of the molecule is CC1(C)O[C@H]2[C@H](n3ccc(N)nc3=O)O[C@]1(COP(=O)(O)OP(=O)(O)OP(=O)(O)O)[C@H]2O. The van der Waals surface area contributed by atoms with Crippen molar-refractivity contribution in [2.75, 3.05) is 12.3 Å². The number of hydrogen-bond donors (Lipinski definition) is 6. The number of nitrogen functional groups attached to an aromatic ring is 1. The van der Waals surface area contributed by atoms with Crippen LogP contribution >= 0.6 is 23.5 Å². The number of rotatable bonds is 8. The molecule has 3 rings (SSSR count). The molecule has 3 heterocycles. The fourth-order valence-corrected chi connectivity index (χ4v) is 6.49. The van der Waals surface area contributed by atoms with Crippen molar-refractivity contribution in [2.24, 2.45) is 0 Å². The summed E-state index contributed by atoms with van der Waals surface area (Å²) in [6, 6.07) is 1.28. The molecule has 17 nitrogen and oxygen atoms in total. The van der Waals surface area contributed by atoms with E-state index in [1.54, 1.807) is 0 Å². The third kappa shape index (κ3) is 4.91. The second-order valence-electron chi connectivity index (χ2n) is 7.34. The summed E-state index contributed by atoms with van der Waals surface area (Å²) in [5, 5.41) is 10.7. The van der Waals surface area contributed by atoms with E-state index < -0.39 is 65.4 Å². The Morgan fingerprint density at radius 3 is 2.34 bits per heavy atom. The van der Waals surface area contributed by atoms with E-state index in [1.807, 2.05) is 0 Å². The number of phosphoric ester groups is 1. The van der Waals surface area contributed by atoms with Crippen molar-refractivity contribution in [3.8, 4) is 0 Å². The van der Waals surface area contributed by atoms with Crippen LogP contribution in [-0.4, -0.2) is 64.2 Å². The van der Waals surface area contributed by atoms with E-state index in [9.17, 15) is 33.4 Å². The van der Waals surface area contributed by atoms with Gasteiger partial charge in [0.2, 0.25) is 0 Å². The molecular formula is C12H20N3O14P3. The number of aromatic nitrogens is 2. The lowest BCUT2D eigenvalue weighted by Crippen LogP contribution is -2.57. The van der Waals surface area contributed by atoms with Crippen molar-refractivity contribution >= 4 is 29.3 Å². The molecule has 0 radical (unpaired) electrons. The average molecular weight is 523 g/mol. The summed E-state index contributed by atoms with van der Waals surface area (Å²) in [6.45, 7) is 1.91. The molecule has 7 N–H and O–H groups in total. The predicted octanol–water partition coefficient (Wildman–Crippen LogP) is -1.03. The van der Waals surface area contributed by atoms with Crippen LogP contribution in [0.5, 0.6) is 0 Å². The molecule has 20 heteroatoms. The zero-order valence-corrected chi connectivity index (χ0v) is 19.0. The Bertz CT molecular complexity index is 1100. The van der Waals surface area contributed by atoms with Crippen LogP contribution in [-0.2, 0) is 36.3 Å². The second-order valence-corrected chi connectivity index (χ2v) is 11.8. The van der Waals surface area contributed by atoms with Gasteiger partial charge in [0.25, 0.3) is 0 Å². The minimum absolute atomic E-state index is 0.0708. The van der Waals surface area contributed by atoms with Gasteiger partial charge >= 0.3 is 29.2 Å². The van der Waals surface area contributed by atoms with Gasteiger partial charge in [0.1, 0.15) is 18.0 Å². The van der Waals surface area contributed by atoms with Crippen LogP contribution in [0, 0.1) is 0 Å². The van der Waals surface area contributed by atoms with Crippen molar-refractivity contribution < 1.29 is 61.0 Å². The Morgan fingerprint density at radius 2 is 1.78 bits per heavy atom. The maximum atomic E-state index is 12.1. The standard InChI is InChI=1S/C12H20N3O14P3/c1-11(2)12(5-25-31(21,22)29-32(23,24)28-30(18,19)20)8(16)7(26-11)9(27-12)15-4-3-6(13)14-10(15)17/h3-4,7-9,16H,5H2,1-2H3,(H,21,22)(H,23,24)(H2,13,14,17)(H2,18,19,20)/t7-,8+,9-,12-/m1/s1. The lowest BCUT2D eigenvalue weighted by atomic mass is 9.84. The Hall–Kier alpha value is -1.03. The highest BCUT2D eigenvalue weighted by molar-refractivity contribution is 7.66. The van der Waals surface area contributed by atoms with Crippen LogP contribution in [0.2, 0.25) is 0 Å². The van der Waals surface area contributed by atoms with Crippen LogP contribution in [0.1, 0.15) is 20.1 Å². The van der Waals surface area contributed by atoms with Gasteiger partial charge in [0, 0.05) is 6.20 Å². The first-order chi connectivity index (χ1) is 14.4. The van der Waals surface area contributed by atoms with Gasteiger partial charge in [0.15, 0.2) is 11.8 Å².